The zero-order valence-corrected chi connectivity index (χ0v) is 13.6. The van der Waals surface area contributed by atoms with Gasteiger partial charge in [0.1, 0.15) is 5.56 Å². The molecule has 0 radical (unpaired) electrons. The maximum atomic E-state index is 12.6. The number of aromatic nitrogens is 3. The molecule has 8 nitrogen and oxygen atoms in total. The van der Waals surface area contributed by atoms with Gasteiger partial charge in [-0.1, -0.05) is 0 Å². The quantitative estimate of drug-likeness (QED) is 0.828. The number of nitrogens with one attached hydrogen (secondary N) is 2. The molecule has 0 aromatic carbocycles. The molecule has 0 bridgehead atoms. The molecule has 2 N–H and O–H groups in total. The number of amides is 1. The number of aromatic amines is 1. The average Bonchev–Trinajstić information content (AvgIpc) is 3.14. The molecule has 4 atom stereocenters. The summed E-state index contributed by atoms with van der Waals surface area (Å²) in [7, 11) is 1.64. The predicted molar refractivity (Wildman–Crippen MR) is 85.0 cm³/mol. The Hall–Kier alpha value is -2.19. The molecule has 2 fully saturated rings. The maximum Gasteiger partial charge on any atom is 0.285 e. The van der Waals surface area contributed by atoms with Crippen molar-refractivity contribution in [1.29, 1.82) is 0 Å². The van der Waals surface area contributed by atoms with E-state index in [1.807, 2.05) is 6.92 Å². The Bertz CT molecular complexity index is 842. The lowest BCUT2D eigenvalue weighted by atomic mass is 9.67. The van der Waals surface area contributed by atoms with E-state index in [2.05, 4.69) is 15.4 Å². The summed E-state index contributed by atoms with van der Waals surface area (Å²) in [5.41, 5.74) is 0.946. The first-order chi connectivity index (χ1) is 11.6. The van der Waals surface area contributed by atoms with Crippen molar-refractivity contribution >= 4 is 11.6 Å². The van der Waals surface area contributed by atoms with Crippen LogP contribution in [0.1, 0.15) is 22.5 Å². The average molecular weight is 332 g/mol. The van der Waals surface area contributed by atoms with Gasteiger partial charge in [-0.25, -0.2) is 9.50 Å². The Morgan fingerprint density at radius 3 is 3.21 bits per heavy atom. The smallest absolute Gasteiger partial charge is 0.285 e. The van der Waals surface area contributed by atoms with E-state index >= 15 is 0 Å². The molecule has 2 aliphatic rings. The van der Waals surface area contributed by atoms with Crippen molar-refractivity contribution in [2.45, 2.75) is 25.5 Å². The van der Waals surface area contributed by atoms with E-state index in [1.165, 1.54) is 10.7 Å². The van der Waals surface area contributed by atoms with Crippen LogP contribution in [0.3, 0.4) is 0 Å². The van der Waals surface area contributed by atoms with Crippen molar-refractivity contribution in [2.24, 2.45) is 11.8 Å². The molecular formula is C16H20N4O4. The number of carbonyl (C=O) groups is 1. The number of H-pyrrole nitrogens is 1. The van der Waals surface area contributed by atoms with E-state index in [9.17, 15) is 9.59 Å². The number of carbonyl (C=O) groups excluding carboxylic acids is 1. The highest BCUT2D eigenvalue weighted by Crippen LogP contribution is 2.43. The minimum atomic E-state index is -0.398. The van der Waals surface area contributed by atoms with E-state index in [1.54, 1.807) is 13.2 Å². The molecule has 4 rings (SSSR count). The first-order valence-corrected chi connectivity index (χ1v) is 8.09. The SMILES string of the molecule is COC[C@@H]1[C@@H](NC(=O)c2cnc3cc(C)[nH]n3c2=O)[C@@H]2CCO[C@H]12. The van der Waals surface area contributed by atoms with Crippen LogP contribution in [0.5, 0.6) is 0 Å². The van der Waals surface area contributed by atoms with Crippen molar-refractivity contribution in [1.82, 2.24) is 19.9 Å². The molecule has 1 aliphatic carbocycles. The number of methoxy groups -OCH3 is 1. The highest BCUT2D eigenvalue weighted by atomic mass is 16.5. The zero-order valence-electron chi connectivity index (χ0n) is 13.6. The molecule has 24 heavy (non-hydrogen) atoms. The van der Waals surface area contributed by atoms with E-state index in [0.29, 0.717) is 24.8 Å². The van der Waals surface area contributed by atoms with Crippen molar-refractivity contribution in [2.75, 3.05) is 20.3 Å². The Labute approximate surface area is 138 Å². The van der Waals surface area contributed by atoms with Crippen LogP contribution in [0.4, 0.5) is 0 Å². The van der Waals surface area contributed by atoms with Gasteiger partial charge in [0.05, 0.1) is 12.7 Å². The van der Waals surface area contributed by atoms with E-state index in [-0.39, 0.29) is 23.6 Å². The van der Waals surface area contributed by atoms with Crippen molar-refractivity contribution in [3.8, 4) is 0 Å². The van der Waals surface area contributed by atoms with Crippen LogP contribution in [-0.2, 0) is 9.47 Å². The largest absolute Gasteiger partial charge is 0.384 e. The second-order valence-corrected chi connectivity index (χ2v) is 6.52. The van der Waals surface area contributed by atoms with Gasteiger partial charge in [-0.05, 0) is 13.3 Å². The fourth-order valence-electron chi connectivity index (χ4n) is 3.90. The fraction of sp³-hybridized carbons (Fsp3) is 0.562. The normalized spacial score (nSPS) is 28.6. The van der Waals surface area contributed by atoms with E-state index in [0.717, 1.165) is 12.1 Å². The molecule has 1 aliphatic heterocycles. The van der Waals surface area contributed by atoms with E-state index in [4.69, 9.17) is 9.47 Å². The van der Waals surface area contributed by atoms with Crippen LogP contribution < -0.4 is 10.9 Å². The third-order valence-electron chi connectivity index (χ3n) is 5.05. The van der Waals surface area contributed by atoms with Crippen LogP contribution >= 0.6 is 0 Å². The van der Waals surface area contributed by atoms with Crippen molar-refractivity contribution < 1.29 is 14.3 Å². The van der Waals surface area contributed by atoms with Gasteiger partial charge in [-0.15, -0.1) is 0 Å². The zero-order chi connectivity index (χ0) is 16.8. The van der Waals surface area contributed by atoms with Gasteiger partial charge < -0.3 is 14.8 Å². The fourth-order valence-corrected chi connectivity index (χ4v) is 3.90. The summed E-state index contributed by atoms with van der Waals surface area (Å²) < 4.78 is 12.2. The summed E-state index contributed by atoms with van der Waals surface area (Å²) >= 11 is 0. The van der Waals surface area contributed by atoms with Gasteiger partial charge in [-0.2, -0.15) is 0 Å². The molecule has 128 valence electrons. The second kappa shape index (κ2) is 5.71. The van der Waals surface area contributed by atoms with Crippen LogP contribution in [0.15, 0.2) is 17.1 Å². The van der Waals surface area contributed by atoms with Crippen molar-refractivity contribution in [3.05, 3.63) is 33.9 Å². The summed E-state index contributed by atoms with van der Waals surface area (Å²) in [5.74, 6) is 0.0190. The van der Waals surface area contributed by atoms with Gasteiger partial charge in [0, 0.05) is 49.6 Å². The van der Waals surface area contributed by atoms with Gasteiger partial charge >= 0.3 is 0 Å². The Morgan fingerprint density at radius 2 is 2.42 bits per heavy atom. The summed E-state index contributed by atoms with van der Waals surface area (Å²) in [6, 6.07) is 1.72. The Balaban J connectivity index is 1.58. The lowest BCUT2D eigenvalue weighted by Gasteiger charge is -2.47. The number of aryl methyl sites for hydroxylation is 1. The van der Waals surface area contributed by atoms with E-state index < -0.39 is 11.5 Å². The minimum Gasteiger partial charge on any atom is -0.384 e. The highest BCUT2D eigenvalue weighted by Gasteiger charge is 2.54. The molecule has 2 aromatic rings. The highest BCUT2D eigenvalue weighted by molar-refractivity contribution is 5.94. The van der Waals surface area contributed by atoms with Crippen LogP contribution in [0.2, 0.25) is 0 Å². The number of rotatable bonds is 4. The minimum absolute atomic E-state index is 0.0320. The third-order valence-corrected chi connectivity index (χ3v) is 5.05. The van der Waals surface area contributed by atoms with Gasteiger partial charge in [-0.3, -0.25) is 14.7 Å². The van der Waals surface area contributed by atoms with Crippen molar-refractivity contribution in [3.63, 3.8) is 0 Å². The lowest BCUT2D eigenvalue weighted by Crippen LogP contribution is -2.63. The topological polar surface area (TPSA) is 97.7 Å². The molecule has 8 heteroatoms. The molecule has 1 saturated heterocycles. The maximum absolute atomic E-state index is 12.6. The number of hydrogen-bond acceptors (Lipinski definition) is 5. The Morgan fingerprint density at radius 1 is 1.58 bits per heavy atom. The number of fused-ring (bicyclic) bond motifs is 2. The number of hydrogen-bond donors (Lipinski definition) is 2. The molecule has 0 spiro atoms. The lowest BCUT2D eigenvalue weighted by molar-refractivity contribution is -0.0809. The van der Waals surface area contributed by atoms with Crippen LogP contribution in [0, 0.1) is 18.8 Å². The Kier molecular flexibility index (Phi) is 3.65. The standard InChI is InChI=1S/C16H20N4O4/c1-8-5-12-17-6-10(16(22)20(12)19-8)15(21)18-13-9-3-4-24-14(9)11(13)7-23-2/h5-6,9,11,13-14,19H,3-4,7H2,1-2H3,(H,18,21)/t9-,11+,13-,14-/m0/s1. The molecule has 1 amide bonds. The summed E-state index contributed by atoms with van der Waals surface area (Å²) in [6.45, 7) is 3.07. The van der Waals surface area contributed by atoms with Gasteiger partial charge in [0.25, 0.3) is 11.5 Å². The monoisotopic (exact) mass is 332 g/mol. The molecule has 2 aromatic heterocycles. The molecule has 3 heterocycles. The van der Waals surface area contributed by atoms with Crippen LogP contribution in [-0.4, -0.2) is 53.0 Å². The first-order valence-electron chi connectivity index (χ1n) is 8.09. The summed E-state index contributed by atoms with van der Waals surface area (Å²) in [5, 5.41) is 5.88. The number of nitrogens with zero attached hydrogens (tertiary/aromatic N) is 2. The summed E-state index contributed by atoms with van der Waals surface area (Å²) in [6.07, 6.45) is 2.40. The van der Waals surface area contributed by atoms with Gasteiger partial charge in [0.2, 0.25) is 0 Å². The third kappa shape index (κ3) is 2.25. The second-order valence-electron chi connectivity index (χ2n) is 6.52. The molecule has 0 unspecified atom stereocenters. The summed E-state index contributed by atoms with van der Waals surface area (Å²) in [4.78, 5) is 29.3. The van der Waals surface area contributed by atoms with Gasteiger partial charge in [0.15, 0.2) is 5.65 Å². The van der Waals surface area contributed by atoms with Crippen LogP contribution in [0.25, 0.3) is 5.65 Å². The molecular weight excluding hydrogens is 312 g/mol. The predicted octanol–water partition coefficient (Wildman–Crippen LogP) is 0.111. The molecule has 1 saturated carbocycles. The number of ether oxygens (including phenoxy) is 2. The first kappa shape index (κ1) is 15.3.